The smallest absolute Gasteiger partial charge is 0.244 e. The summed E-state index contributed by atoms with van der Waals surface area (Å²) in [6.45, 7) is 3.41. The van der Waals surface area contributed by atoms with E-state index in [0.717, 1.165) is 10.6 Å². The van der Waals surface area contributed by atoms with Gasteiger partial charge in [0.15, 0.2) is 0 Å². The molecule has 0 aliphatic heterocycles. The highest BCUT2D eigenvalue weighted by molar-refractivity contribution is 7.92. The van der Waals surface area contributed by atoms with Gasteiger partial charge in [-0.15, -0.1) is 0 Å². The minimum absolute atomic E-state index is 0.0279. The molecule has 0 bridgehead atoms. The van der Waals surface area contributed by atoms with E-state index < -0.39 is 28.5 Å². The number of benzene rings is 2. The zero-order valence-corrected chi connectivity index (χ0v) is 21.6. The van der Waals surface area contributed by atoms with Crippen molar-refractivity contribution >= 4 is 62.3 Å². The molecule has 0 saturated heterocycles. The molecule has 0 fully saturated rings. The van der Waals surface area contributed by atoms with Gasteiger partial charge in [0.25, 0.3) is 0 Å². The number of hydrogen-bond acceptors (Lipinski definition) is 4. The average Bonchev–Trinajstić information content (AvgIpc) is 2.73. The Balaban J connectivity index is 2.48. The van der Waals surface area contributed by atoms with Crippen LogP contribution in [0.15, 0.2) is 42.5 Å². The van der Waals surface area contributed by atoms with Gasteiger partial charge in [0, 0.05) is 23.1 Å². The maximum atomic E-state index is 13.5. The summed E-state index contributed by atoms with van der Waals surface area (Å²) in [6.07, 6.45) is 1.30. The lowest BCUT2D eigenvalue weighted by Gasteiger charge is -2.33. The van der Waals surface area contributed by atoms with Gasteiger partial charge >= 0.3 is 0 Å². The zero-order chi connectivity index (χ0) is 24.8. The lowest BCUT2D eigenvalue weighted by Crippen LogP contribution is -2.52. The molecule has 0 saturated carbocycles. The molecule has 1 atom stereocenters. The molecule has 2 amide bonds. The van der Waals surface area contributed by atoms with E-state index in [0.29, 0.717) is 28.6 Å². The van der Waals surface area contributed by atoms with E-state index in [9.17, 15) is 18.0 Å². The van der Waals surface area contributed by atoms with E-state index in [2.05, 4.69) is 5.32 Å². The Labute approximate surface area is 209 Å². The highest BCUT2D eigenvalue weighted by Gasteiger charge is 2.32. The van der Waals surface area contributed by atoms with Crippen LogP contribution in [0.5, 0.6) is 0 Å². The highest BCUT2D eigenvalue weighted by atomic mass is 35.5. The number of nitrogens with zero attached hydrogens (tertiary/aromatic N) is 2. The summed E-state index contributed by atoms with van der Waals surface area (Å²) >= 11 is 18.5. The molecule has 7 nitrogen and oxygen atoms in total. The highest BCUT2D eigenvalue weighted by Crippen LogP contribution is 2.30. The van der Waals surface area contributed by atoms with Crippen molar-refractivity contribution in [2.75, 3.05) is 23.7 Å². The van der Waals surface area contributed by atoms with Crippen LogP contribution in [-0.4, -0.2) is 50.5 Å². The Kier molecular flexibility index (Phi) is 9.84. The van der Waals surface area contributed by atoms with Crippen molar-refractivity contribution in [1.29, 1.82) is 0 Å². The van der Waals surface area contributed by atoms with E-state index in [1.165, 1.54) is 23.1 Å². The predicted molar refractivity (Wildman–Crippen MR) is 133 cm³/mol. The van der Waals surface area contributed by atoms with Crippen LogP contribution in [0.3, 0.4) is 0 Å². The van der Waals surface area contributed by atoms with Crippen LogP contribution in [0.4, 0.5) is 5.69 Å². The third kappa shape index (κ3) is 7.24. The molecule has 1 N–H and O–H groups in total. The van der Waals surface area contributed by atoms with Crippen LogP contribution in [0, 0.1) is 0 Å². The van der Waals surface area contributed by atoms with Gasteiger partial charge < -0.3 is 10.2 Å². The first-order valence-corrected chi connectivity index (χ1v) is 13.2. The molecule has 180 valence electrons. The number of nitrogens with one attached hydrogen (secondary N) is 1. The molecule has 0 spiro atoms. The first kappa shape index (κ1) is 27.2. The molecule has 2 aromatic rings. The van der Waals surface area contributed by atoms with E-state index in [1.54, 1.807) is 38.1 Å². The molecule has 11 heteroatoms. The van der Waals surface area contributed by atoms with Crippen molar-refractivity contribution in [3.05, 3.63) is 63.1 Å². The Morgan fingerprint density at radius 1 is 1.03 bits per heavy atom. The molecule has 0 aromatic heterocycles. The molecule has 0 aliphatic rings. The van der Waals surface area contributed by atoms with Gasteiger partial charge in [0.05, 0.1) is 17.0 Å². The summed E-state index contributed by atoms with van der Waals surface area (Å²) < 4.78 is 26.1. The fourth-order valence-corrected chi connectivity index (χ4v) is 4.92. The third-order valence-electron chi connectivity index (χ3n) is 4.89. The Morgan fingerprint density at radius 3 is 2.24 bits per heavy atom. The number of carbonyl (C=O) groups is 2. The summed E-state index contributed by atoms with van der Waals surface area (Å²) in [5.41, 5.74) is 0.742. The van der Waals surface area contributed by atoms with Gasteiger partial charge in [-0.3, -0.25) is 13.9 Å². The lowest BCUT2D eigenvalue weighted by atomic mass is 10.1. The van der Waals surface area contributed by atoms with E-state index in [-0.39, 0.29) is 23.2 Å². The zero-order valence-electron chi connectivity index (χ0n) is 18.5. The molecular formula is C22H26Cl3N3O4S. The molecule has 33 heavy (non-hydrogen) atoms. The average molecular weight is 535 g/mol. The minimum atomic E-state index is -3.89. The molecule has 0 heterocycles. The van der Waals surface area contributed by atoms with Crippen molar-refractivity contribution in [3.8, 4) is 0 Å². The van der Waals surface area contributed by atoms with Crippen LogP contribution < -0.4 is 9.62 Å². The van der Waals surface area contributed by atoms with Crippen molar-refractivity contribution in [3.63, 3.8) is 0 Å². The van der Waals surface area contributed by atoms with Crippen LogP contribution >= 0.6 is 34.8 Å². The lowest BCUT2D eigenvalue weighted by molar-refractivity contribution is -0.140. The van der Waals surface area contributed by atoms with E-state index in [1.807, 2.05) is 0 Å². The van der Waals surface area contributed by atoms with Crippen LogP contribution in [0.1, 0.15) is 25.8 Å². The van der Waals surface area contributed by atoms with Crippen LogP contribution in [0.25, 0.3) is 0 Å². The van der Waals surface area contributed by atoms with Crippen molar-refractivity contribution < 1.29 is 18.0 Å². The number of halogens is 3. The van der Waals surface area contributed by atoms with E-state index >= 15 is 0 Å². The molecule has 2 rings (SSSR count). The summed E-state index contributed by atoms with van der Waals surface area (Å²) in [5.74, 6) is -0.916. The second kappa shape index (κ2) is 11.9. The third-order valence-corrected chi connectivity index (χ3v) is 6.93. The van der Waals surface area contributed by atoms with Crippen molar-refractivity contribution in [1.82, 2.24) is 10.2 Å². The summed E-state index contributed by atoms with van der Waals surface area (Å²) in [7, 11) is -3.89. The normalized spacial score (nSPS) is 12.2. The quantitative estimate of drug-likeness (QED) is 0.491. The topological polar surface area (TPSA) is 86.8 Å². The first-order chi connectivity index (χ1) is 15.5. The molecule has 0 radical (unpaired) electrons. The monoisotopic (exact) mass is 533 g/mol. The molecule has 0 aliphatic carbocycles. The van der Waals surface area contributed by atoms with Crippen LogP contribution in [0.2, 0.25) is 15.1 Å². The number of rotatable bonds is 10. The fourth-order valence-electron chi connectivity index (χ4n) is 3.30. The van der Waals surface area contributed by atoms with Gasteiger partial charge in [-0.2, -0.15) is 0 Å². The predicted octanol–water partition coefficient (Wildman–Crippen LogP) is 4.36. The maximum Gasteiger partial charge on any atom is 0.244 e. The Morgan fingerprint density at radius 2 is 1.70 bits per heavy atom. The summed E-state index contributed by atoms with van der Waals surface area (Å²) in [4.78, 5) is 27.6. The van der Waals surface area contributed by atoms with Gasteiger partial charge in [-0.05, 0) is 43.2 Å². The molecular weight excluding hydrogens is 509 g/mol. The van der Waals surface area contributed by atoms with Gasteiger partial charge in [0.2, 0.25) is 21.8 Å². The number of likely N-dealkylation sites (N-methyl/N-ethyl adjacent to an activating group) is 1. The molecule has 2 aromatic carbocycles. The maximum absolute atomic E-state index is 13.5. The fraction of sp³-hybridized carbons (Fsp3) is 0.364. The minimum Gasteiger partial charge on any atom is -0.355 e. The Bertz CT molecular complexity index is 1110. The number of carbonyl (C=O) groups excluding carboxylic acids is 2. The number of anilines is 1. The van der Waals surface area contributed by atoms with Crippen molar-refractivity contribution in [2.45, 2.75) is 32.9 Å². The first-order valence-electron chi connectivity index (χ1n) is 10.2. The number of hydrogen-bond donors (Lipinski definition) is 1. The SMILES string of the molecule is CCNC(=O)[C@H](CC)N(Cc1ccccc1Cl)C(=O)CN(c1ccc(Cl)cc1Cl)S(C)(=O)=O. The van der Waals surface area contributed by atoms with Crippen molar-refractivity contribution in [2.24, 2.45) is 0 Å². The largest absolute Gasteiger partial charge is 0.355 e. The van der Waals surface area contributed by atoms with E-state index in [4.69, 9.17) is 34.8 Å². The number of amides is 2. The van der Waals surface area contributed by atoms with Gasteiger partial charge in [0.1, 0.15) is 12.6 Å². The summed E-state index contributed by atoms with van der Waals surface area (Å²) in [6, 6.07) is 10.4. The second-order valence-corrected chi connectivity index (χ2v) is 10.5. The Hall–Kier alpha value is -2.00. The second-order valence-electron chi connectivity index (χ2n) is 7.30. The summed E-state index contributed by atoms with van der Waals surface area (Å²) in [5, 5.41) is 3.56. The van der Waals surface area contributed by atoms with Crippen LogP contribution in [-0.2, 0) is 26.2 Å². The number of sulfonamides is 1. The van der Waals surface area contributed by atoms with Gasteiger partial charge in [-0.1, -0.05) is 59.9 Å². The molecule has 0 unspecified atom stereocenters. The van der Waals surface area contributed by atoms with Gasteiger partial charge in [-0.25, -0.2) is 8.42 Å². The standard InChI is InChI=1S/C22H26Cl3N3O4S/c1-4-19(22(30)26-5-2)27(13-15-8-6-7-9-17(15)24)21(29)14-28(33(3,31)32)20-11-10-16(23)12-18(20)25/h6-12,19H,4-5,13-14H2,1-3H3,(H,26,30)/t19-/m0/s1.